The molecule has 1 heterocycles. The van der Waals surface area contributed by atoms with Gasteiger partial charge in [0.1, 0.15) is 0 Å². The highest BCUT2D eigenvalue weighted by Gasteiger charge is 2.25. The standard InChI is InChI=1S/C21H25F2N3O/c1-25-12-13-26(20(15-25)16-6-3-2-4-7-16)11-5-10-24-21(27)17-8-9-18(22)19(23)14-17/h2-4,6-9,14,20H,5,10-13,15H2,1H3,(H,24,27)/t20-/m1/s1. The number of nitrogens with zero attached hydrogens (tertiary/aromatic N) is 2. The van der Waals surface area contributed by atoms with Gasteiger partial charge in [0.05, 0.1) is 0 Å². The smallest absolute Gasteiger partial charge is 0.251 e. The van der Waals surface area contributed by atoms with Crippen LogP contribution < -0.4 is 5.32 Å². The first-order chi connectivity index (χ1) is 13.0. The van der Waals surface area contributed by atoms with Gasteiger partial charge in [-0.25, -0.2) is 8.78 Å². The quantitative estimate of drug-likeness (QED) is 0.791. The van der Waals surface area contributed by atoms with Gasteiger partial charge < -0.3 is 10.2 Å². The van der Waals surface area contributed by atoms with Gasteiger partial charge in [-0.2, -0.15) is 0 Å². The maximum atomic E-state index is 13.2. The van der Waals surface area contributed by atoms with E-state index in [0.29, 0.717) is 12.6 Å². The van der Waals surface area contributed by atoms with Crippen LogP contribution in [0.25, 0.3) is 0 Å². The third-order valence-corrected chi connectivity index (χ3v) is 4.97. The van der Waals surface area contributed by atoms with Crippen molar-refractivity contribution in [3.63, 3.8) is 0 Å². The fourth-order valence-corrected chi connectivity index (χ4v) is 3.44. The van der Waals surface area contributed by atoms with Gasteiger partial charge in [0.25, 0.3) is 5.91 Å². The predicted octanol–water partition coefficient (Wildman–Crippen LogP) is 3.07. The molecule has 0 unspecified atom stereocenters. The summed E-state index contributed by atoms with van der Waals surface area (Å²) in [6, 6.07) is 14.0. The van der Waals surface area contributed by atoms with Crippen molar-refractivity contribution in [3.05, 3.63) is 71.3 Å². The van der Waals surface area contributed by atoms with Crippen LogP contribution in [0.2, 0.25) is 0 Å². The fourth-order valence-electron chi connectivity index (χ4n) is 3.44. The zero-order valence-corrected chi connectivity index (χ0v) is 15.5. The maximum Gasteiger partial charge on any atom is 0.251 e. The molecule has 0 saturated carbocycles. The number of rotatable bonds is 6. The number of halogens is 2. The van der Waals surface area contributed by atoms with Crippen LogP contribution in [0.3, 0.4) is 0 Å². The average Bonchev–Trinajstić information content (AvgIpc) is 2.68. The largest absolute Gasteiger partial charge is 0.352 e. The molecule has 0 aromatic heterocycles. The number of carbonyl (C=O) groups excluding carboxylic acids is 1. The molecule has 0 aliphatic carbocycles. The number of piperazine rings is 1. The van der Waals surface area contributed by atoms with E-state index in [1.807, 2.05) is 6.07 Å². The number of hydrogen-bond donors (Lipinski definition) is 1. The highest BCUT2D eigenvalue weighted by molar-refractivity contribution is 5.94. The zero-order chi connectivity index (χ0) is 19.2. The highest BCUT2D eigenvalue weighted by Crippen LogP contribution is 2.24. The summed E-state index contributed by atoms with van der Waals surface area (Å²) < 4.78 is 26.2. The van der Waals surface area contributed by atoms with Crippen molar-refractivity contribution >= 4 is 5.91 Å². The molecule has 144 valence electrons. The second-order valence-electron chi connectivity index (χ2n) is 6.96. The first-order valence-corrected chi connectivity index (χ1v) is 9.25. The molecular weight excluding hydrogens is 348 g/mol. The Morgan fingerprint density at radius 3 is 2.63 bits per heavy atom. The molecule has 1 saturated heterocycles. The van der Waals surface area contributed by atoms with E-state index in [1.165, 1.54) is 11.6 Å². The molecule has 27 heavy (non-hydrogen) atoms. The number of carbonyl (C=O) groups is 1. The van der Waals surface area contributed by atoms with Gasteiger partial charge in [-0.15, -0.1) is 0 Å². The van der Waals surface area contributed by atoms with Gasteiger partial charge in [0.15, 0.2) is 11.6 Å². The van der Waals surface area contributed by atoms with Gasteiger partial charge in [0.2, 0.25) is 0 Å². The Balaban J connectivity index is 1.51. The van der Waals surface area contributed by atoms with Crippen molar-refractivity contribution in [2.75, 3.05) is 39.8 Å². The van der Waals surface area contributed by atoms with Gasteiger partial charge in [-0.05, 0) is 37.2 Å². The van der Waals surface area contributed by atoms with E-state index in [-0.39, 0.29) is 11.5 Å². The van der Waals surface area contributed by atoms with E-state index in [9.17, 15) is 13.6 Å². The summed E-state index contributed by atoms with van der Waals surface area (Å²) in [6.07, 6.45) is 0.794. The third kappa shape index (κ3) is 5.11. The van der Waals surface area contributed by atoms with Crippen molar-refractivity contribution in [2.24, 2.45) is 0 Å². The number of nitrogens with one attached hydrogen (secondary N) is 1. The summed E-state index contributed by atoms with van der Waals surface area (Å²) >= 11 is 0. The van der Waals surface area contributed by atoms with Crippen molar-refractivity contribution in [3.8, 4) is 0 Å². The molecule has 6 heteroatoms. The number of benzene rings is 2. The lowest BCUT2D eigenvalue weighted by atomic mass is 10.0. The van der Waals surface area contributed by atoms with E-state index < -0.39 is 11.6 Å². The van der Waals surface area contributed by atoms with Crippen molar-refractivity contribution in [1.82, 2.24) is 15.1 Å². The van der Waals surface area contributed by atoms with E-state index in [1.54, 1.807) is 0 Å². The number of likely N-dealkylation sites (N-methyl/N-ethyl adjacent to an activating group) is 1. The van der Waals surface area contributed by atoms with Crippen molar-refractivity contribution in [2.45, 2.75) is 12.5 Å². The Bertz CT molecular complexity index is 769. The molecule has 2 aromatic rings. The van der Waals surface area contributed by atoms with Crippen LogP contribution >= 0.6 is 0 Å². The summed E-state index contributed by atoms with van der Waals surface area (Å²) in [5.41, 5.74) is 1.44. The second-order valence-corrected chi connectivity index (χ2v) is 6.96. The summed E-state index contributed by atoms with van der Waals surface area (Å²) in [5, 5.41) is 2.78. The number of hydrogen-bond acceptors (Lipinski definition) is 3. The van der Waals surface area contributed by atoms with Crippen LogP contribution in [0.1, 0.15) is 28.4 Å². The van der Waals surface area contributed by atoms with E-state index in [2.05, 4.69) is 46.4 Å². The highest BCUT2D eigenvalue weighted by atomic mass is 19.2. The van der Waals surface area contributed by atoms with Crippen LogP contribution in [0.15, 0.2) is 48.5 Å². The Morgan fingerprint density at radius 2 is 1.89 bits per heavy atom. The molecule has 4 nitrogen and oxygen atoms in total. The lowest BCUT2D eigenvalue weighted by molar-refractivity contribution is 0.0865. The molecule has 1 N–H and O–H groups in total. The molecule has 1 atom stereocenters. The number of amides is 1. The van der Waals surface area contributed by atoms with Crippen LogP contribution in [-0.4, -0.2) is 55.5 Å². The van der Waals surface area contributed by atoms with Crippen molar-refractivity contribution < 1.29 is 13.6 Å². The molecule has 0 bridgehead atoms. The summed E-state index contributed by atoms with van der Waals surface area (Å²) in [6.45, 7) is 4.33. The zero-order valence-electron chi connectivity index (χ0n) is 15.5. The van der Waals surface area contributed by atoms with Crippen LogP contribution in [0.4, 0.5) is 8.78 Å². The van der Waals surface area contributed by atoms with Crippen LogP contribution in [-0.2, 0) is 0 Å². The molecular formula is C21H25F2N3O. The lowest BCUT2D eigenvalue weighted by Gasteiger charge is -2.40. The topological polar surface area (TPSA) is 35.6 Å². The molecule has 0 radical (unpaired) electrons. The molecule has 2 aromatic carbocycles. The van der Waals surface area contributed by atoms with Crippen LogP contribution in [0, 0.1) is 11.6 Å². The normalized spacial score (nSPS) is 18.4. The van der Waals surface area contributed by atoms with E-state index in [0.717, 1.165) is 44.7 Å². The Labute approximate surface area is 158 Å². The molecule has 0 spiro atoms. The Kier molecular flexibility index (Phi) is 6.53. The summed E-state index contributed by atoms with van der Waals surface area (Å²) in [4.78, 5) is 16.8. The molecule has 1 amide bonds. The molecule has 1 fully saturated rings. The summed E-state index contributed by atoms with van der Waals surface area (Å²) in [7, 11) is 2.13. The monoisotopic (exact) mass is 373 g/mol. The van der Waals surface area contributed by atoms with Crippen molar-refractivity contribution in [1.29, 1.82) is 0 Å². The first-order valence-electron chi connectivity index (χ1n) is 9.25. The van der Waals surface area contributed by atoms with E-state index >= 15 is 0 Å². The molecule has 1 aliphatic rings. The summed E-state index contributed by atoms with van der Waals surface area (Å²) in [5.74, 6) is -2.34. The Morgan fingerprint density at radius 1 is 1.11 bits per heavy atom. The van der Waals surface area contributed by atoms with Gasteiger partial charge in [-0.1, -0.05) is 30.3 Å². The minimum atomic E-state index is -1.01. The maximum absolute atomic E-state index is 13.2. The Hall–Kier alpha value is -2.31. The molecule has 1 aliphatic heterocycles. The molecule has 3 rings (SSSR count). The SMILES string of the molecule is CN1CCN(CCCNC(=O)c2ccc(F)c(F)c2)[C@@H](c2ccccc2)C1. The minimum absolute atomic E-state index is 0.135. The predicted molar refractivity (Wildman–Crippen MR) is 102 cm³/mol. The van der Waals surface area contributed by atoms with Gasteiger partial charge in [0, 0.05) is 44.3 Å². The van der Waals surface area contributed by atoms with E-state index in [4.69, 9.17) is 0 Å². The van der Waals surface area contributed by atoms with Gasteiger partial charge >= 0.3 is 0 Å². The fraction of sp³-hybridized carbons (Fsp3) is 0.381. The first kappa shape index (κ1) is 19.5. The van der Waals surface area contributed by atoms with Gasteiger partial charge in [-0.3, -0.25) is 9.69 Å². The third-order valence-electron chi connectivity index (χ3n) is 4.97. The van der Waals surface area contributed by atoms with Crippen LogP contribution in [0.5, 0.6) is 0 Å². The minimum Gasteiger partial charge on any atom is -0.352 e. The average molecular weight is 373 g/mol. The lowest BCUT2D eigenvalue weighted by Crippen LogP contribution is -2.47. The second kappa shape index (κ2) is 9.06.